The smallest absolute Gasteiger partial charge is 0.363 e. The average molecular weight is 259 g/mol. The van der Waals surface area contributed by atoms with Gasteiger partial charge in [-0.25, -0.2) is 9.79 Å². The Balaban J connectivity index is 2.28. The highest BCUT2D eigenvalue weighted by Crippen LogP contribution is 2.24. The van der Waals surface area contributed by atoms with Gasteiger partial charge in [-0.1, -0.05) is 32.0 Å². The van der Waals surface area contributed by atoms with E-state index in [1.165, 1.54) is 0 Å². The molecule has 4 heteroatoms. The Labute approximate surface area is 112 Å². The Kier molecular flexibility index (Phi) is 4.00. The summed E-state index contributed by atoms with van der Waals surface area (Å²) < 4.78 is 10.4. The molecule has 0 radical (unpaired) electrons. The zero-order valence-electron chi connectivity index (χ0n) is 11.3. The number of hydrogen-bond donors (Lipinski definition) is 0. The molecular weight excluding hydrogens is 242 g/mol. The van der Waals surface area contributed by atoms with Crippen molar-refractivity contribution in [3.63, 3.8) is 0 Å². The van der Waals surface area contributed by atoms with Crippen molar-refractivity contribution in [2.24, 2.45) is 10.9 Å². The lowest BCUT2D eigenvalue weighted by Gasteiger charge is -2.03. The minimum Gasteiger partial charge on any atom is -0.496 e. The lowest BCUT2D eigenvalue weighted by molar-refractivity contribution is -0.130. The van der Waals surface area contributed by atoms with E-state index >= 15 is 0 Å². The fourth-order valence-corrected chi connectivity index (χ4v) is 1.82. The number of carbonyl (C=O) groups is 1. The fraction of sp³-hybridized carbons (Fsp3) is 0.333. The van der Waals surface area contributed by atoms with Gasteiger partial charge in [0.2, 0.25) is 0 Å². The zero-order chi connectivity index (χ0) is 13.8. The van der Waals surface area contributed by atoms with Crippen molar-refractivity contribution in [1.82, 2.24) is 0 Å². The maximum absolute atomic E-state index is 11.7. The minimum atomic E-state index is -0.401. The fourth-order valence-electron chi connectivity index (χ4n) is 1.82. The predicted octanol–water partition coefficient (Wildman–Crippen LogP) is 3.04. The molecule has 0 saturated carbocycles. The van der Waals surface area contributed by atoms with E-state index in [2.05, 4.69) is 18.8 Å². The van der Waals surface area contributed by atoms with Crippen LogP contribution >= 0.6 is 0 Å². The quantitative estimate of drug-likeness (QED) is 0.616. The number of esters is 1. The number of rotatable bonds is 4. The second kappa shape index (κ2) is 5.69. The maximum atomic E-state index is 11.7. The third kappa shape index (κ3) is 3.22. The van der Waals surface area contributed by atoms with Crippen LogP contribution in [0.5, 0.6) is 5.75 Å². The molecule has 0 N–H and O–H groups in total. The van der Waals surface area contributed by atoms with Gasteiger partial charge in [-0.2, -0.15) is 0 Å². The van der Waals surface area contributed by atoms with Crippen molar-refractivity contribution < 1.29 is 14.3 Å². The molecule has 0 spiro atoms. The molecule has 0 saturated heterocycles. The SMILES string of the molecule is COc1ccccc1/C=C1/N=C(CC(C)C)OC1=O. The van der Waals surface area contributed by atoms with Crippen molar-refractivity contribution in [2.45, 2.75) is 20.3 Å². The summed E-state index contributed by atoms with van der Waals surface area (Å²) in [6.45, 7) is 4.11. The van der Waals surface area contributed by atoms with Crippen LogP contribution in [0.2, 0.25) is 0 Å². The molecule has 2 rings (SSSR count). The van der Waals surface area contributed by atoms with E-state index in [1.54, 1.807) is 13.2 Å². The van der Waals surface area contributed by atoms with E-state index in [1.807, 2.05) is 24.3 Å². The van der Waals surface area contributed by atoms with Gasteiger partial charge in [0.25, 0.3) is 0 Å². The number of aliphatic imine (C=N–C) groups is 1. The van der Waals surface area contributed by atoms with Gasteiger partial charge in [0.1, 0.15) is 5.75 Å². The molecule has 1 aliphatic rings. The first-order valence-corrected chi connectivity index (χ1v) is 6.24. The molecule has 19 heavy (non-hydrogen) atoms. The number of ether oxygens (including phenoxy) is 2. The molecular formula is C15H17NO3. The molecule has 1 heterocycles. The van der Waals surface area contributed by atoms with E-state index in [0.717, 1.165) is 5.56 Å². The maximum Gasteiger partial charge on any atom is 0.363 e. The second-order valence-electron chi connectivity index (χ2n) is 4.76. The van der Waals surface area contributed by atoms with Gasteiger partial charge in [-0.05, 0) is 18.1 Å². The van der Waals surface area contributed by atoms with Gasteiger partial charge < -0.3 is 9.47 Å². The average Bonchev–Trinajstić information content (AvgIpc) is 2.69. The molecule has 0 fully saturated rings. The molecule has 4 nitrogen and oxygen atoms in total. The number of hydrogen-bond acceptors (Lipinski definition) is 4. The molecule has 1 aliphatic heterocycles. The Bertz CT molecular complexity index is 544. The predicted molar refractivity (Wildman–Crippen MR) is 74.0 cm³/mol. The molecule has 0 aromatic heterocycles. The van der Waals surface area contributed by atoms with Gasteiger partial charge >= 0.3 is 5.97 Å². The van der Waals surface area contributed by atoms with Gasteiger partial charge in [-0.15, -0.1) is 0 Å². The first-order chi connectivity index (χ1) is 9.10. The summed E-state index contributed by atoms with van der Waals surface area (Å²) in [7, 11) is 1.60. The highest BCUT2D eigenvalue weighted by molar-refractivity contribution is 6.07. The first kappa shape index (κ1) is 13.3. The van der Waals surface area contributed by atoms with Gasteiger partial charge in [0, 0.05) is 12.0 Å². The molecule has 1 aromatic carbocycles. The first-order valence-electron chi connectivity index (χ1n) is 6.24. The summed E-state index contributed by atoms with van der Waals surface area (Å²) in [5, 5.41) is 0. The van der Waals surface area contributed by atoms with E-state index in [0.29, 0.717) is 29.7 Å². The highest BCUT2D eigenvalue weighted by atomic mass is 16.6. The van der Waals surface area contributed by atoms with Crippen LogP contribution in [0.25, 0.3) is 6.08 Å². The van der Waals surface area contributed by atoms with Gasteiger partial charge in [-0.3, -0.25) is 0 Å². The van der Waals surface area contributed by atoms with Crippen molar-refractivity contribution in [3.05, 3.63) is 35.5 Å². The summed E-state index contributed by atoms with van der Waals surface area (Å²) in [4.78, 5) is 16.0. The normalized spacial score (nSPS) is 16.7. The van der Waals surface area contributed by atoms with Crippen LogP contribution in [0.3, 0.4) is 0 Å². The van der Waals surface area contributed by atoms with Gasteiger partial charge in [0.05, 0.1) is 7.11 Å². The second-order valence-corrected chi connectivity index (χ2v) is 4.76. The Morgan fingerprint density at radius 3 is 2.79 bits per heavy atom. The largest absolute Gasteiger partial charge is 0.496 e. The standard InChI is InChI=1S/C15H17NO3/c1-10(2)8-14-16-12(15(17)19-14)9-11-6-4-5-7-13(11)18-3/h4-7,9-10H,8H2,1-3H3/b12-9+. The molecule has 1 aromatic rings. The molecule has 0 bridgehead atoms. The highest BCUT2D eigenvalue weighted by Gasteiger charge is 2.23. The van der Waals surface area contributed by atoms with Crippen molar-refractivity contribution >= 4 is 17.9 Å². The van der Waals surface area contributed by atoms with E-state index < -0.39 is 5.97 Å². The van der Waals surface area contributed by atoms with Crippen LogP contribution < -0.4 is 4.74 Å². The van der Waals surface area contributed by atoms with E-state index in [9.17, 15) is 4.79 Å². The number of para-hydroxylation sites is 1. The van der Waals surface area contributed by atoms with E-state index in [4.69, 9.17) is 9.47 Å². The topological polar surface area (TPSA) is 47.9 Å². The molecule has 100 valence electrons. The Hall–Kier alpha value is -2.10. The van der Waals surface area contributed by atoms with Crippen molar-refractivity contribution in [2.75, 3.05) is 7.11 Å². The number of nitrogens with zero attached hydrogens (tertiary/aromatic N) is 1. The summed E-state index contributed by atoms with van der Waals surface area (Å²) in [6.07, 6.45) is 2.35. The lowest BCUT2D eigenvalue weighted by Crippen LogP contribution is -2.06. The molecule has 0 aliphatic carbocycles. The van der Waals surface area contributed by atoms with Crippen molar-refractivity contribution in [1.29, 1.82) is 0 Å². The third-order valence-electron chi connectivity index (χ3n) is 2.68. The summed E-state index contributed by atoms with van der Waals surface area (Å²) >= 11 is 0. The van der Waals surface area contributed by atoms with Crippen LogP contribution in [-0.2, 0) is 9.53 Å². The van der Waals surface area contributed by atoms with Crippen molar-refractivity contribution in [3.8, 4) is 5.75 Å². The Morgan fingerprint density at radius 2 is 2.11 bits per heavy atom. The lowest BCUT2D eigenvalue weighted by atomic mass is 10.1. The number of cyclic esters (lactones) is 1. The van der Waals surface area contributed by atoms with Crippen LogP contribution in [0.4, 0.5) is 0 Å². The minimum absolute atomic E-state index is 0.320. The number of methoxy groups -OCH3 is 1. The van der Waals surface area contributed by atoms with Crippen LogP contribution in [0.1, 0.15) is 25.8 Å². The van der Waals surface area contributed by atoms with Gasteiger partial charge in [0.15, 0.2) is 11.6 Å². The zero-order valence-corrected chi connectivity index (χ0v) is 11.3. The number of carbonyl (C=O) groups excluding carboxylic acids is 1. The monoisotopic (exact) mass is 259 g/mol. The van der Waals surface area contributed by atoms with E-state index in [-0.39, 0.29) is 0 Å². The van der Waals surface area contributed by atoms with Crippen LogP contribution in [0.15, 0.2) is 35.0 Å². The molecule has 0 amide bonds. The Morgan fingerprint density at radius 1 is 1.37 bits per heavy atom. The molecule has 0 atom stereocenters. The number of benzene rings is 1. The molecule has 0 unspecified atom stereocenters. The summed E-state index contributed by atoms with van der Waals surface area (Å²) in [6, 6.07) is 7.47. The summed E-state index contributed by atoms with van der Waals surface area (Å²) in [5.41, 5.74) is 1.13. The van der Waals surface area contributed by atoms with Crippen LogP contribution in [0, 0.1) is 5.92 Å². The third-order valence-corrected chi connectivity index (χ3v) is 2.68. The summed E-state index contributed by atoms with van der Waals surface area (Å²) in [5.74, 6) is 1.19. The van der Waals surface area contributed by atoms with Crippen LogP contribution in [-0.4, -0.2) is 19.0 Å².